The molecule has 1 heterocycles. The Morgan fingerprint density at radius 2 is 2.04 bits per heavy atom. The molecule has 2 aromatic rings. The molecule has 1 aliphatic rings. The molecular weight excluding hydrogens is 314 g/mol. The number of hydrogen-bond donors (Lipinski definition) is 1. The number of hydrogen-bond acceptors (Lipinski definition) is 3. The maximum absolute atomic E-state index is 12.6. The second-order valence-corrected chi connectivity index (χ2v) is 6.44. The number of aryl methyl sites for hydroxylation is 1. The summed E-state index contributed by atoms with van der Waals surface area (Å²) >= 11 is 0. The van der Waals surface area contributed by atoms with Gasteiger partial charge < -0.3 is 14.6 Å². The molecule has 1 amide bonds. The molecule has 0 bridgehead atoms. The van der Waals surface area contributed by atoms with E-state index in [0.717, 1.165) is 30.0 Å². The van der Waals surface area contributed by atoms with E-state index < -0.39 is 0 Å². The van der Waals surface area contributed by atoms with E-state index >= 15 is 0 Å². The van der Waals surface area contributed by atoms with Crippen LogP contribution in [-0.2, 0) is 11.8 Å². The predicted octanol–water partition coefficient (Wildman–Crippen LogP) is 3.52. The van der Waals surface area contributed by atoms with Crippen molar-refractivity contribution in [3.63, 3.8) is 0 Å². The Kier molecular flexibility index (Phi) is 5.53. The van der Waals surface area contributed by atoms with Gasteiger partial charge in [0.15, 0.2) is 0 Å². The third kappa shape index (κ3) is 4.10. The summed E-state index contributed by atoms with van der Waals surface area (Å²) in [6.07, 6.45) is 11.0. The number of aromatic nitrogens is 2. The molecule has 1 atom stereocenters. The van der Waals surface area contributed by atoms with E-state index in [2.05, 4.69) is 10.3 Å². The first kappa shape index (κ1) is 17.3. The third-order valence-corrected chi connectivity index (χ3v) is 4.68. The Balaban J connectivity index is 1.89. The number of benzene rings is 1. The van der Waals surface area contributed by atoms with Gasteiger partial charge in [-0.05, 0) is 31.7 Å². The molecule has 1 aliphatic carbocycles. The van der Waals surface area contributed by atoms with Crippen LogP contribution in [0.15, 0.2) is 48.3 Å². The molecular formula is C20H25N3O2. The molecule has 5 heteroatoms. The number of para-hydroxylation sites is 1. The zero-order chi connectivity index (χ0) is 17.6. The molecule has 1 N–H and O–H groups in total. The maximum Gasteiger partial charge on any atom is 0.244 e. The number of allylic oxidation sites excluding steroid dienone is 1. The van der Waals surface area contributed by atoms with E-state index in [1.54, 1.807) is 19.4 Å². The highest BCUT2D eigenvalue weighted by Gasteiger charge is 2.23. The van der Waals surface area contributed by atoms with E-state index in [0.29, 0.717) is 0 Å². The number of rotatable bonds is 5. The Morgan fingerprint density at radius 3 is 2.72 bits per heavy atom. The van der Waals surface area contributed by atoms with E-state index in [4.69, 9.17) is 4.74 Å². The predicted molar refractivity (Wildman–Crippen MR) is 97.4 cm³/mol. The summed E-state index contributed by atoms with van der Waals surface area (Å²) in [5, 5.41) is 3.12. The van der Waals surface area contributed by atoms with Gasteiger partial charge in [-0.3, -0.25) is 4.79 Å². The topological polar surface area (TPSA) is 56.1 Å². The van der Waals surface area contributed by atoms with Crippen LogP contribution in [0.4, 0.5) is 0 Å². The molecule has 1 fully saturated rings. The summed E-state index contributed by atoms with van der Waals surface area (Å²) in [4.78, 5) is 17.1. The summed E-state index contributed by atoms with van der Waals surface area (Å²) < 4.78 is 7.41. The Hall–Kier alpha value is -2.56. The minimum atomic E-state index is -0.357. The van der Waals surface area contributed by atoms with Crippen molar-refractivity contribution in [2.24, 2.45) is 7.05 Å². The zero-order valence-corrected chi connectivity index (χ0v) is 14.9. The minimum Gasteiger partial charge on any atom is -0.496 e. The number of methoxy groups -OCH3 is 1. The van der Waals surface area contributed by atoms with Crippen LogP contribution < -0.4 is 10.1 Å². The Bertz CT molecular complexity index is 756. The van der Waals surface area contributed by atoms with Gasteiger partial charge in [-0.1, -0.05) is 30.2 Å². The van der Waals surface area contributed by atoms with E-state index in [-0.39, 0.29) is 11.9 Å². The van der Waals surface area contributed by atoms with Crippen molar-refractivity contribution in [2.45, 2.75) is 38.1 Å². The van der Waals surface area contributed by atoms with Crippen LogP contribution in [0.2, 0.25) is 0 Å². The van der Waals surface area contributed by atoms with Crippen molar-refractivity contribution in [3.05, 3.63) is 59.7 Å². The maximum atomic E-state index is 12.6. The lowest BCUT2D eigenvalue weighted by Gasteiger charge is -2.21. The standard InChI is InChI=1S/C20H25N3O2/c1-23-13-12-21-20(23)19(16-10-6-7-11-17(16)25-2)22-18(24)14-15-8-4-3-5-9-15/h6-7,10-14,19H,3-5,8-9H2,1-2H3,(H,22,24)/t19-/m1/s1. The fourth-order valence-electron chi connectivity index (χ4n) is 3.36. The highest BCUT2D eigenvalue weighted by molar-refractivity contribution is 5.88. The van der Waals surface area contributed by atoms with Crippen LogP contribution in [-0.4, -0.2) is 22.6 Å². The van der Waals surface area contributed by atoms with Gasteiger partial charge in [0.1, 0.15) is 17.6 Å². The van der Waals surface area contributed by atoms with Gasteiger partial charge in [0, 0.05) is 31.1 Å². The van der Waals surface area contributed by atoms with Crippen LogP contribution in [0.25, 0.3) is 0 Å². The second-order valence-electron chi connectivity index (χ2n) is 6.44. The van der Waals surface area contributed by atoms with Gasteiger partial charge in [-0.15, -0.1) is 0 Å². The van der Waals surface area contributed by atoms with Crippen LogP contribution in [0.3, 0.4) is 0 Å². The lowest BCUT2D eigenvalue weighted by atomic mass is 9.94. The van der Waals surface area contributed by atoms with Gasteiger partial charge in [0.2, 0.25) is 5.91 Å². The summed E-state index contributed by atoms with van der Waals surface area (Å²) in [7, 11) is 3.57. The molecule has 5 nitrogen and oxygen atoms in total. The number of carbonyl (C=O) groups is 1. The van der Waals surface area contributed by atoms with Crippen molar-refractivity contribution in [1.29, 1.82) is 0 Å². The molecule has 3 rings (SSSR count). The zero-order valence-electron chi connectivity index (χ0n) is 14.9. The summed E-state index contributed by atoms with van der Waals surface area (Å²) in [6.45, 7) is 0. The lowest BCUT2D eigenvalue weighted by Crippen LogP contribution is -2.30. The third-order valence-electron chi connectivity index (χ3n) is 4.68. The monoisotopic (exact) mass is 339 g/mol. The summed E-state index contributed by atoms with van der Waals surface area (Å²) in [6, 6.07) is 7.37. The number of carbonyl (C=O) groups excluding carboxylic acids is 1. The number of amides is 1. The molecule has 0 spiro atoms. The van der Waals surface area contributed by atoms with E-state index in [9.17, 15) is 4.79 Å². The molecule has 132 valence electrons. The van der Waals surface area contributed by atoms with Crippen LogP contribution in [0.1, 0.15) is 49.5 Å². The van der Waals surface area contributed by atoms with Gasteiger partial charge in [0.25, 0.3) is 0 Å². The Morgan fingerprint density at radius 1 is 1.28 bits per heavy atom. The SMILES string of the molecule is COc1ccccc1[C@@H](NC(=O)C=C1CCCCC1)c1nccn1C. The van der Waals surface area contributed by atoms with Gasteiger partial charge >= 0.3 is 0 Å². The fraction of sp³-hybridized carbons (Fsp3) is 0.400. The molecule has 1 saturated carbocycles. The second kappa shape index (κ2) is 8.01. The lowest BCUT2D eigenvalue weighted by molar-refractivity contribution is -0.117. The van der Waals surface area contributed by atoms with Crippen molar-refractivity contribution < 1.29 is 9.53 Å². The summed E-state index contributed by atoms with van der Waals surface area (Å²) in [5.74, 6) is 1.44. The number of nitrogens with one attached hydrogen (secondary N) is 1. The van der Waals surface area contributed by atoms with Crippen LogP contribution in [0, 0.1) is 0 Å². The molecule has 0 saturated heterocycles. The van der Waals surface area contributed by atoms with Gasteiger partial charge in [-0.25, -0.2) is 4.98 Å². The average Bonchev–Trinajstić information content (AvgIpc) is 3.06. The highest BCUT2D eigenvalue weighted by atomic mass is 16.5. The molecule has 1 aromatic carbocycles. The molecule has 0 unspecified atom stereocenters. The molecule has 25 heavy (non-hydrogen) atoms. The highest BCUT2D eigenvalue weighted by Crippen LogP contribution is 2.29. The fourth-order valence-corrected chi connectivity index (χ4v) is 3.36. The first-order valence-corrected chi connectivity index (χ1v) is 8.79. The van der Waals surface area contributed by atoms with Gasteiger partial charge in [0.05, 0.1) is 7.11 Å². The van der Waals surface area contributed by atoms with E-state index in [1.807, 2.05) is 42.1 Å². The minimum absolute atomic E-state index is 0.0733. The van der Waals surface area contributed by atoms with Crippen molar-refractivity contribution >= 4 is 5.91 Å². The van der Waals surface area contributed by atoms with E-state index in [1.165, 1.54) is 24.8 Å². The van der Waals surface area contributed by atoms with Crippen LogP contribution in [0.5, 0.6) is 5.75 Å². The number of ether oxygens (including phenoxy) is 1. The van der Waals surface area contributed by atoms with Crippen molar-refractivity contribution in [1.82, 2.24) is 14.9 Å². The average molecular weight is 339 g/mol. The number of imidazole rings is 1. The first-order chi connectivity index (χ1) is 12.2. The van der Waals surface area contributed by atoms with Crippen molar-refractivity contribution in [2.75, 3.05) is 7.11 Å². The first-order valence-electron chi connectivity index (χ1n) is 8.79. The van der Waals surface area contributed by atoms with Crippen LogP contribution >= 0.6 is 0 Å². The molecule has 0 aliphatic heterocycles. The quantitative estimate of drug-likeness (QED) is 0.848. The van der Waals surface area contributed by atoms with Gasteiger partial charge in [-0.2, -0.15) is 0 Å². The molecule has 0 radical (unpaired) electrons. The smallest absolute Gasteiger partial charge is 0.244 e. The Labute approximate surface area is 148 Å². The van der Waals surface area contributed by atoms with Crippen molar-refractivity contribution in [3.8, 4) is 5.75 Å². The number of nitrogens with zero attached hydrogens (tertiary/aromatic N) is 2. The molecule has 1 aromatic heterocycles. The largest absolute Gasteiger partial charge is 0.496 e. The summed E-state index contributed by atoms with van der Waals surface area (Å²) in [5.41, 5.74) is 2.14. The normalized spacial score (nSPS) is 15.5.